The number of hydrogen-bond acceptors (Lipinski definition) is 12. The van der Waals surface area contributed by atoms with Crippen molar-refractivity contribution in [3.8, 4) is 11.5 Å². The predicted molar refractivity (Wildman–Crippen MR) is 160 cm³/mol. The molecule has 0 saturated carbocycles. The number of carbonyl (C=O) groups excluding carboxylic acids is 2. The van der Waals surface area contributed by atoms with Crippen LogP contribution in [0.2, 0.25) is 0 Å². The van der Waals surface area contributed by atoms with Crippen molar-refractivity contribution in [3.63, 3.8) is 0 Å². The Morgan fingerprint density at radius 2 is 1.78 bits per heavy atom. The Labute approximate surface area is 260 Å². The fourth-order valence-corrected chi connectivity index (χ4v) is 5.83. The van der Waals surface area contributed by atoms with Gasteiger partial charge in [-0.25, -0.2) is 8.42 Å². The van der Waals surface area contributed by atoms with Gasteiger partial charge >= 0.3 is 0 Å². The highest BCUT2D eigenvalue weighted by Gasteiger charge is 2.49. The first kappa shape index (κ1) is 34.5. The van der Waals surface area contributed by atoms with E-state index in [0.29, 0.717) is 5.75 Å². The lowest BCUT2D eigenvalue weighted by atomic mass is 9.92. The molecule has 0 radical (unpaired) electrons. The molecule has 2 aromatic carbocycles. The van der Waals surface area contributed by atoms with E-state index in [1.54, 1.807) is 37.3 Å². The summed E-state index contributed by atoms with van der Waals surface area (Å²) in [7, 11) is -2.36. The molecule has 2 saturated heterocycles. The molecule has 9 atom stereocenters. The number of rotatable bonds is 11. The summed E-state index contributed by atoms with van der Waals surface area (Å²) in [5, 5.41) is 36.8. The monoisotopic (exact) mass is 653 g/mol. The molecule has 2 aliphatic rings. The van der Waals surface area contributed by atoms with Crippen LogP contribution >= 0.6 is 0 Å². The number of hydrogen-bond donors (Lipinski definition) is 6. The van der Waals surface area contributed by atoms with Gasteiger partial charge in [0.1, 0.15) is 30.2 Å². The van der Waals surface area contributed by atoms with E-state index in [4.69, 9.17) is 23.7 Å². The minimum atomic E-state index is -3.66. The van der Waals surface area contributed by atoms with Crippen LogP contribution in [-0.2, 0) is 38.6 Å². The number of amides is 2. The minimum Gasteiger partial charge on any atom is -0.455 e. The van der Waals surface area contributed by atoms with Gasteiger partial charge in [0, 0.05) is 32.2 Å². The maximum Gasteiger partial charge on any atom is 0.256 e. The predicted octanol–water partition coefficient (Wildman–Crippen LogP) is 0.310. The highest BCUT2D eigenvalue weighted by atomic mass is 32.2. The number of aliphatic hydroxyl groups is 3. The first-order valence-corrected chi connectivity index (χ1v) is 16.1. The highest BCUT2D eigenvalue weighted by molar-refractivity contribution is 7.92. The zero-order chi connectivity index (χ0) is 32.9. The van der Waals surface area contributed by atoms with Crippen LogP contribution in [-0.4, -0.2) is 111 Å². The Bertz CT molecular complexity index is 1430. The van der Waals surface area contributed by atoms with Crippen molar-refractivity contribution < 1.29 is 57.0 Å². The molecule has 2 heterocycles. The minimum absolute atomic E-state index is 0.101. The Morgan fingerprint density at radius 3 is 2.40 bits per heavy atom. The summed E-state index contributed by atoms with van der Waals surface area (Å²) in [5.41, 5.74) is 0.345. The van der Waals surface area contributed by atoms with Gasteiger partial charge in [-0.05, 0) is 31.2 Å². The first-order valence-electron chi connectivity index (χ1n) is 14.2. The van der Waals surface area contributed by atoms with Crippen LogP contribution < -0.4 is 20.1 Å². The molecular weight excluding hydrogens is 614 g/mol. The number of anilines is 2. The number of aliphatic hydroxyl groups excluding tert-OH is 3. The number of sulfonamides is 1. The lowest BCUT2D eigenvalue weighted by Crippen LogP contribution is -2.65. The van der Waals surface area contributed by atoms with Gasteiger partial charge in [0.25, 0.3) is 5.91 Å². The number of carbonyl (C=O) groups is 2. The molecule has 4 rings (SSSR count). The first-order chi connectivity index (χ1) is 21.3. The fraction of sp³-hybridized carbons (Fsp3) is 0.517. The summed E-state index contributed by atoms with van der Waals surface area (Å²) in [4.78, 5) is 25.4. The van der Waals surface area contributed by atoms with Crippen molar-refractivity contribution in [3.05, 3.63) is 48.5 Å². The summed E-state index contributed by atoms with van der Waals surface area (Å²) < 4.78 is 55.1. The number of benzene rings is 2. The van der Waals surface area contributed by atoms with E-state index in [9.17, 15) is 33.3 Å². The summed E-state index contributed by atoms with van der Waals surface area (Å²) in [6.45, 7) is 2.42. The van der Waals surface area contributed by atoms with Crippen molar-refractivity contribution in [1.29, 1.82) is 0 Å². The lowest BCUT2D eigenvalue weighted by Gasteiger charge is -2.46. The quantitative estimate of drug-likeness (QED) is 0.194. The van der Waals surface area contributed by atoms with Crippen LogP contribution in [0.1, 0.15) is 20.3 Å². The van der Waals surface area contributed by atoms with Gasteiger partial charge in [-0.2, -0.15) is 0 Å². The van der Waals surface area contributed by atoms with E-state index < -0.39 is 83.5 Å². The summed E-state index contributed by atoms with van der Waals surface area (Å²) in [6, 6.07) is 12.1. The second-order valence-electron chi connectivity index (χ2n) is 10.9. The zero-order valence-corrected chi connectivity index (χ0v) is 26.0. The highest BCUT2D eigenvalue weighted by Crippen LogP contribution is 2.34. The summed E-state index contributed by atoms with van der Waals surface area (Å²) in [6.07, 6.45) is -8.30. The lowest BCUT2D eigenvalue weighted by molar-refractivity contribution is -0.293. The molecule has 248 valence electrons. The van der Waals surface area contributed by atoms with E-state index in [-0.39, 0.29) is 23.5 Å². The molecule has 2 amide bonds. The average Bonchev–Trinajstić information content (AvgIpc) is 2.97. The van der Waals surface area contributed by atoms with Gasteiger partial charge in [0.05, 0.1) is 36.8 Å². The fourth-order valence-electron chi connectivity index (χ4n) is 5.26. The van der Waals surface area contributed by atoms with Crippen LogP contribution in [0.4, 0.5) is 11.4 Å². The molecule has 16 heteroatoms. The molecule has 45 heavy (non-hydrogen) atoms. The SMILES string of the molecule is COC1C(O)CC(OC2C(O)C(CO)OC(C)C2NC(C)=O)OC1C(=O)Nc1ccc(NS(C)(=O)=O)c(Oc2ccccc2)c1. The molecule has 2 fully saturated rings. The standard InChI is InChI=1S/C29H39N3O12S/c1-15-24(30-16(2)34)27(25(36)22(14-33)41-15)43-23-13-20(35)26(40-3)28(44-23)29(37)31-17-10-11-19(32-45(4,38)39)21(12-17)42-18-8-6-5-7-9-18/h5-12,15,20,22-28,32-33,35-36H,13-14H2,1-4H3,(H,30,34)(H,31,37). The van der Waals surface area contributed by atoms with Gasteiger partial charge < -0.3 is 49.6 Å². The summed E-state index contributed by atoms with van der Waals surface area (Å²) >= 11 is 0. The van der Waals surface area contributed by atoms with Gasteiger partial charge in [-0.3, -0.25) is 14.3 Å². The third kappa shape index (κ3) is 8.89. The molecule has 2 aliphatic heterocycles. The van der Waals surface area contributed by atoms with E-state index in [1.807, 2.05) is 0 Å². The maximum absolute atomic E-state index is 13.5. The maximum atomic E-state index is 13.5. The number of para-hydroxylation sites is 1. The van der Waals surface area contributed by atoms with E-state index in [0.717, 1.165) is 6.26 Å². The Balaban J connectivity index is 1.55. The molecular formula is C29H39N3O12S. The molecule has 15 nitrogen and oxygen atoms in total. The zero-order valence-electron chi connectivity index (χ0n) is 25.2. The van der Waals surface area contributed by atoms with Crippen molar-refractivity contribution >= 4 is 33.2 Å². The second kappa shape index (κ2) is 14.8. The van der Waals surface area contributed by atoms with Crippen LogP contribution in [0.25, 0.3) is 0 Å². The van der Waals surface area contributed by atoms with E-state index in [1.165, 1.54) is 32.2 Å². The third-order valence-electron chi connectivity index (χ3n) is 7.28. The summed E-state index contributed by atoms with van der Waals surface area (Å²) in [5.74, 6) is -0.616. The second-order valence-corrected chi connectivity index (χ2v) is 12.6. The van der Waals surface area contributed by atoms with Crippen LogP contribution in [0.3, 0.4) is 0 Å². The third-order valence-corrected chi connectivity index (χ3v) is 7.87. The largest absolute Gasteiger partial charge is 0.455 e. The van der Waals surface area contributed by atoms with Gasteiger partial charge in [0.15, 0.2) is 18.1 Å². The van der Waals surface area contributed by atoms with E-state index in [2.05, 4.69) is 15.4 Å². The molecule has 0 aromatic heterocycles. The van der Waals surface area contributed by atoms with Crippen molar-refractivity contribution in [2.45, 2.75) is 75.3 Å². The molecule has 9 unspecified atom stereocenters. The van der Waals surface area contributed by atoms with Crippen molar-refractivity contribution in [2.75, 3.05) is 30.0 Å². The molecule has 6 N–H and O–H groups in total. The Hall–Kier alpha value is -3.35. The number of nitrogens with one attached hydrogen (secondary N) is 3. The Morgan fingerprint density at radius 1 is 1.07 bits per heavy atom. The van der Waals surface area contributed by atoms with Crippen molar-refractivity contribution in [2.24, 2.45) is 0 Å². The van der Waals surface area contributed by atoms with Gasteiger partial charge in [0.2, 0.25) is 15.9 Å². The molecule has 0 bridgehead atoms. The molecule has 2 aromatic rings. The average molecular weight is 654 g/mol. The molecule has 0 spiro atoms. The van der Waals surface area contributed by atoms with Crippen LogP contribution in [0.15, 0.2) is 48.5 Å². The topological polar surface area (TPSA) is 211 Å². The van der Waals surface area contributed by atoms with Crippen LogP contribution in [0.5, 0.6) is 11.5 Å². The van der Waals surface area contributed by atoms with Crippen LogP contribution in [0, 0.1) is 0 Å². The van der Waals surface area contributed by atoms with Crippen molar-refractivity contribution in [1.82, 2.24) is 5.32 Å². The number of methoxy groups -OCH3 is 1. The normalized spacial score (nSPS) is 30.2. The van der Waals surface area contributed by atoms with E-state index >= 15 is 0 Å². The smallest absolute Gasteiger partial charge is 0.256 e. The molecule has 0 aliphatic carbocycles. The Kier molecular flexibility index (Phi) is 11.4. The van der Waals surface area contributed by atoms with Gasteiger partial charge in [-0.1, -0.05) is 18.2 Å². The van der Waals surface area contributed by atoms with Gasteiger partial charge in [-0.15, -0.1) is 0 Å². The number of ether oxygens (including phenoxy) is 5.